The molecular formula is C17H21FN4O5. The summed E-state index contributed by atoms with van der Waals surface area (Å²) in [7, 11) is 1.22. The average Bonchev–Trinajstić information content (AvgIpc) is 2.60. The third-order valence-corrected chi connectivity index (χ3v) is 3.39. The molecule has 0 aliphatic rings. The lowest BCUT2D eigenvalue weighted by atomic mass is 10.1. The van der Waals surface area contributed by atoms with Crippen LogP contribution in [-0.4, -0.2) is 52.9 Å². The molecule has 10 heteroatoms. The van der Waals surface area contributed by atoms with E-state index in [-0.39, 0.29) is 18.4 Å². The molecule has 9 nitrogen and oxygen atoms in total. The van der Waals surface area contributed by atoms with E-state index in [0.717, 1.165) is 6.20 Å². The van der Waals surface area contributed by atoms with E-state index in [1.54, 1.807) is 13.8 Å². The monoisotopic (exact) mass is 380 g/mol. The number of esters is 1. The predicted molar refractivity (Wildman–Crippen MR) is 91.0 cm³/mol. The summed E-state index contributed by atoms with van der Waals surface area (Å²) in [5, 5.41) is 2.41. The Morgan fingerprint density at radius 3 is 2.67 bits per heavy atom. The van der Waals surface area contributed by atoms with Crippen LogP contribution in [0.5, 0.6) is 0 Å². The lowest BCUT2D eigenvalue weighted by molar-refractivity contribution is -0.152. The predicted octanol–water partition coefficient (Wildman–Crippen LogP) is 0.994. The minimum atomic E-state index is -1.32. The number of carbonyl (C=O) groups is 3. The quantitative estimate of drug-likeness (QED) is 0.279. The van der Waals surface area contributed by atoms with Crippen molar-refractivity contribution in [2.24, 2.45) is 0 Å². The molecule has 1 aromatic heterocycles. The molecule has 0 fully saturated rings. The van der Waals surface area contributed by atoms with Gasteiger partial charge in [-0.15, -0.1) is 0 Å². The van der Waals surface area contributed by atoms with Crippen LogP contribution in [0.2, 0.25) is 0 Å². The van der Waals surface area contributed by atoms with Gasteiger partial charge in [0.2, 0.25) is 5.78 Å². The highest BCUT2D eigenvalue weighted by Crippen LogP contribution is 2.20. The van der Waals surface area contributed by atoms with Crippen molar-refractivity contribution in [1.29, 1.82) is 0 Å². The Balaban J connectivity index is 2.95. The maximum Gasteiger partial charge on any atom is 0.328 e. The number of halogens is 1. The smallest absolute Gasteiger partial charge is 0.328 e. The molecule has 146 valence electrons. The lowest BCUT2D eigenvalue weighted by Gasteiger charge is -2.22. The summed E-state index contributed by atoms with van der Waals surface area (Å²) < 4.78 is 24.0. The Morgan fingerprint density at radius 2 is 2.11 bits per heavy atom. The van der Waals surface area contributed by atoms with Crippen molar-refractivity contribution in [2.45, 2.75) is 44.9 Å². The fourth-order valence-electron chi connectivity index (χ4n) is 2.20. The number of ketones is 1. The largest absolute Gasteiger partial charge is 0.461 e. The highest BCUT2D eigenvalue weighted by Gasteiger charge is 2.30. The summed E-state index contributed by atoms with van der Waals surface area (Å²) in [6.07, 6.45) is 0.887. The van der Waals surface area contributed by atoms with E-state index in [0.29, 0.717) is 6.21 Å². The van der Waals surface area contributed by atoms with E-state index in [1.165, 1.54) is 19.4 Å². The summed E-state index contributed by atoms with van der Waals surface area (Å²) in [5.74, 6) is -2.82. The number of pyridine rings is 1. The van der Waals surface area contributed by atoms with Gasteiger partial charge in [0.15, 0.2) is 6.10 Å². The number of rotatable bonds is 10. The van der Waals surface area contributed by atoms with Crippen LogP contribution in [0, 0.1) is 5.82 Å². The van der Waals surface area contributed by atoms with Crippen molar-refractivity contribution in [1.82, 2.24) is 10.3 Å². The maximum absolute atomic E-state index is 13.9. The number of methoxy groups -OCH3 is 1. The lowest BCUT2D eigenvalue weighted by Crippen LogP contribution is -2.45. The third-order valence-electron chi connectivity index (χ3n) is 3.39. The molecule has 1 N–H and O–H groups in total. The molecular weight excluding hydrogens is 359 g/mol. The van der Waals surface area contributed by atoms with Gasteiger partial charge in [-0.05, 0) is 26.3 Å². The van der Waals surface area contributed by atoms with Crippen LogP contribution in [0.15, 0.2) is 18.5 Å². The van der Waals surface area contributed by atoms with E-state index in [2.05, 4.69) is 15.1 Å². The molecule has 0 saturated carbocycles. The number of ether oxygens (including phenoxy) is 2. The summed E-state index contributed by atoms with van der Waals surface area (Å²) in [6.45, 7) is 3.26. The molecule has 0 spiro atoms. The van der Waals surface area contributed by atoms with Gasteiger partial charge in [0.25, 0.3) is 5.91 Å². The molecule has 1 aromatic rings. The number of nitrogens with zero attached hydrogens (tertiary/aromatic N) is 3. The van der Waals surface area contributed by atoms with Crippen LogP contribution < -0.4 is 5.32 Å². The third kappa shape index (κ3) is 7.04. The van der Waals surface area contributed by atoms with Gasteiger partial charge in [-0.1, -0.05) is 0 Å². The van der Waals surface area contributed by atoms with Gasteiger partial charge < -0.3 is 20.3 Å². The van der Waals surface area contributed by atoms with Crippen molar-refractivity contribution >= 4 is 23.9 Å². The van der Waals surface area contributed by atoms with Crippen molar-refractivity contribution in [3.8, 4) is 0 Å². The fourth-order valence-corrected chi connectivity index (χ4v) is 2.20. The maximum atomic E-state index is 13.9. The number of hydrogen-bond acceptors (Lipinski definition) is 6. The molecule has 0 aromatic carbocycles. The Hall–Kier alpha value is -2.97. The van der Waals surface area contributed by atoms with E-state index in [9.17, 15) is 18.8 Å². The first-order chi connectivity index (χ1) is 12.8. The van der Waals surface area contributed by atoms with Gasteiger partial charge in [0.05, 0.1) is 12.3 Å². The minimum Gasteiger partial charge on any atom is -0.461 e. The van der Waals surface area contributed by atoms with E-state index >= 15 is 0 Å². The van der Waals surface area contributed by atoms with E-state index in [1.807, 2.05) is 0 Å². The summed E-state index contributed by atoms with van der Waals surface area (Å²) >= 11 is 0. The highest BCUT2D eigenvalue weighted by atomic mass is 19.1. The summed E-state index contributed by atoms with van der Waals surface area (Å²) in [6, 6.07) is 0.115. The molecule has 1 rings (SSSR count). The van der Waals surface area contributed by atoms with Gasteiger partial charge in [-0.25, -0.2) is 9.18 Å². The van der Waals surface area contributed by atoms with E-state index in [4.69, 9.17) is 15.0 Å². The van der Waals surface area contributed by atoms with Gasteiger partial charge in [0, 0.05) is 25.3 Å². The van der Waals surface area contributed by atoms with Crippen LogP contribution in [0.25, 0.3) is 5.53 Å². The van der Waals surface area contributed by atoms with Crippen molar-refractivity contribution < 1.29 is 33.0 Å². The standard InChI is InChI=1S/C17H21FN4O5/c1-10(2)27-17(25)14(5-4-11(23)8-21-19)22-16(24)15(26-3)12-6-7-20-9-13(12)18/h6-10,14-15H,4-5H2,1-3H3,(H,22,24)/t14-,15+/m0/s1. The topological polar surface area (TPSA) is 131 Å². The molecule has 0 aliphatic heterocycles. The second kappa shape index (κ2) is 10.9. The molecule has 0 radical (unpaired) electrons. The normalized spacial score (nSPS) is 12.6. The molecule has 1 heterocycles. The summed E-state index contributed by atoms with van der Waals surface area (Å²) in [4.78, 5) is 42.4. The Morgan fingerprint density at radius 1 is 1.41 bits per heavy atom. The van der Waals surface area contributed by atoms with Crippen LogP contribution in [-0.2, 0) is 23.9 Å². The zero-order chi connectivity index (χ0) is 20.4. The van der Waals surface area contributed by atoms with Crippen LogP contribution in [0.1, 0.15) is 38.4 Å². The molecule has 27 heavy (non-hydrogen) atoms. The first-order valence-electron chi connectivity index (χ1n) is 8.13. The fraction of sp³-hybridized carbons (Fsp3) is 0.471. The van der Waals surface area contributed by atoms with Crippen molar-refractivity contribution in [2.75, 3.05) is 7.11 Å². The second-order valence-corrected chi connectivity index (χ2v) is 5.81. The van der Waals surface area contributed by atoms with Gasteiger partial charge in [0.1, 0.15) is 11.9 Å². The molecule has 0 unspecified atom stereocenters. The van der Waals surface area contributed by atoms with Gasteiger partial charge in [-0.3, -0.25) is 14.6 Å². The van der Waals surface area contributed by atoms with Crippen LogP contribution >= 0.6 is 0 Å². The molecule has 0 bridgehead atoms. The first-order valence-corrected chi connectivity index (χ1v) is 8.13. The Kier molecular flexibility index (Phi) is 8.91. The SMILES string of the molecule is CO[C@@H](C(=O)N[C@@H](CCC(=O)C=[N+]=[N-])C(=O)OC(C)C)c1ccncc1F. The number of amides is 1. The number of carbonyl (C=O) groups excluding carboxylic acids is 3. The second-order valence-electron chi connectivity index (χ2n) is 5.81. The molecule has 0 aliphatic carbocycles. The number of Topliss-reactive ketones (excluding diaryl/α,β-unsaturated/α-hetero) is 1. The van der Waals surface area contributed by atoms with Crippen LogP contribution in [0.3, 0.4) is 0 Å². The number of aromatic nitrogens is 1. The Labute approximate surface area is 155 Å². The van der Waals surface area contributed by atoms with E-state index < -0.39 is 41.7 Å². The van der Waals surface area contributed by atoms with Crippen molar-refractivity contribution in [3.63, 3.8) is 0 Å². The minimum absolute atomic E-state index is 0.0514. The average molecular weight is 380 g/mol. The van der Waals surface area contributed by atoms with Crippen molar-refractivity contribution in [3.05, 3.63) is 35.4 Å². The first kappa shape index (κ1) is 22.1. The van der Waals surface area contributed by atoms with Gasteiger partial charge in [-0.2, -0.15) is 4.79 Å². The number of hydrogen-bond donors (Lipinski definition) is 1. The van der Waals surface area contributed by atoms with Crippen LogP contribution in [0.4, 0.5) is 4.39 Å². The summed E-state index contributed by atoms with van der Waals surface area (Å²) in [5.41, 5.74) is 8.31. The zero-order valence-electron chi connectivity index (χ0n) is 15.2. The number of nitrogens with one attached hydrogen (secondary N) is 1. The molecule has 2 atom stereocenters. The molecule has 0 saturated heterocycles. The Bertz CT molecular complexity index is 734. The molecule has 1 amide bonds. The highest BCUT2D eigenvalue weighted by molar-refractivity contribution is 6.25. The zero-order valence-corrected chi connectivity index (χ0v) is 15.2. The van der Waals surface area contributed by atoms with Gasteiger partial charge >= 0.3 is 12.2 Å².